The van der Waals surface area contributed by atoms with Crippen LogP contribution in [0.25, 0.3) is 0 Å². The summed E-state index contributed by atoms with van der Waals surface area (Å²) >= 11 is 0. The fraction of sp³-hybridized carbons (Fsp3) is 0.462. The van der Waals surface area contributed by atoms with Crippen molar-refractivity contribution in [2.75, 3.05) is 32.7 Å². The number of ether oxygens (including phenoxy) is 2. The first-order chi connectivity index (χ1) is 8.01. The highest BCUT2D eigenvalue weighted by molar-refractivity contribution is 5.82. The van der Waals surface area contributed by atoms with Gasteiger partial charge in [-0.1, -0.05) is 0 Å². The predicted octanol–water partition coefficient (Wildman–Crippen LogP) is 2.04. The van der Waals surface area contributed by atoms with Crippen molar-refractivity contribution in [1.29, 1.82) is 0 Å². The number of hydrogen-bond donors (Lipinski definition) is 0. The molecule has 17 heavy (non-hydrogen) atoms. The second-order valence-corrected chi connectivity index (χ2v) is 4.00. The lowest BCUT2D eigenvalue weighted by atomic mass is 10.1. The maximum atomic E-state index is 11.1. The molecule has 1 rings (SSSR count). The van der Waals surface area contributed by atoms with Gasteiger partial charge in [-0.05, 0) is 26.0 Å². The molecule has 0 radical (unpaired) electrons. The summed E-state index contributed by atoms with van der Waals surface area (Å²) in [7, 11) is 5.11. The van der Waals surface area contributed by atoms with Crippen LogP contribution in [-0.2, 0) is 4.79 Å². The molecule has 0 N–H and O–H groups in total. The molecule has 0 atom stereocenters. The average molecular weight is 237 g/mol. The number of methoxy groups -OCH3 is 2. The minimum absolute atomic E-state index is 0.114. The first-order valence-electron chi connectivity index (χ1n) is 5.43. The number of likely N-dealkylation sites (N-methyl/N-ethyl adjacent to an activating group) is 1. The molecule has 1 aromatic carbocycles. The predicted molar refractivity (Wildman–Crippen MR) is 68.2 cm³/mol. The topological polar surface area (TPSA) is 38.8 Å². The molecular weight excluding hydrogens is 218 g/mol. The summed E-state index contributed by atoms with van der Waals surface area (Å²) in [5.74, 6) is 1.64. The second kappa shape index (κ2) is 5.57. The number of ketones is 1. The molecule has 0 aromatic heterocycles. The zero-order chi connectivity index (χ0) is 13.0. The van der Waals surface area contributed by atoms with Gasteiger partial charge in [-0.3, -0.25) is 4.79 Å². The number of carbonyl (C=O) groups is 1. The van der Waals surface area contributed by atoms with Crippen LogP contribution in [0.1, 0.15) is 12.5 Å². The van der Waals surface area contributed by atoms with Gasteiger partial charge in [0.05, 0.1) is 26.5 Å². The summed E-state index contributed by atoms with van der Waals surface area (Å²) in [5.41, 5.74) is 1.82. The van der Waals surface area contributed by atoms with Gasteiger partial charge in [-0.15, -0.1) is 0 Å². The molecule has 0 bridgehead atoms. The van der Waals surface area contributed by atoms with Crippen LogP contribution in [0.2, 0.25) is 0 Å². The fourth-order valence-corrected chi connectivity index (χ4v) is 1.86. The molecular formula is C13H19NO3. The van der Waals surface area contributed by atoms with E-state index < -0.39 is 0 Å². The Morgan fingerprint density at radius 3 is 2.41 bits per heavy atom. The van der Waals surface area contributed by atoms with E-state index >= 15 is 0 Å². The van der Waals surface area contributed by atoms with Crippen molar-refractivity contribution < 1.29 is 14.3 Å². The highest BCUT2D eigenvalue weighted by Gasteiger charge is 2.14. The first-order valence-corrected chi connectivity index (χ1v) is 5.43. The van der Waals surface area contributed by atoms with E-state index in [0.717, 1.165) is 22.7 Å². The number of Topliss-reactive ketones (excluding diaryl/α,β-unsaturated/α-hetero) is 1. The van der Waals surface area contributed by atoms with Gasteiger partial charge in [0.15, 0.2) is 0 Å². The number of benzene rings is 1. The number of nitrogens with zero attached hydrogens (tertiary/aromatic N) is 1. The van der Waals surface area contributed by atoms with E-state index in [-0.39, 0.29) is 5.78 Å². The minimum Gasteiger partial charge on any atom is -0.496 e. The Bertz CT molecular complexity index is 415. The first kappa shape index (κ1) is 13.4. The van der Waals surface area contributed by atoms with Gasteiger partial charge in [0, 0.05) is 12.6 Å². The summed E-state index contributed by atoms with van der Waals surface area (Å²) in [6.45, 7) is 3.87. The number of carbonyl (C=O) groups excluding carboxylic acids is 1. The molecule has 0 amide bonds. The molecule has 0 spiro atoms. The standard InChI is InChI=1S/C13H19NO3/c1-9(15)8-14(3)11-6-7-12(16-4)10(2)13(11)17-5/h6-7H,8H2,1-5H3. The molecule has 0 aliphatic heterocycles. The third kappa shape index (κ3) is 2.90. The monoisotopic (exact) mass is 237 g/mol. The highest BCUT2D eigenvalue weighted by Crippen LogP contribution is 2.36. The smallest absolute Gasteiger partial charge is 0.149 e. The van der Waals surface area contributed by atoms with Gasteiger partial charge < -0.3 is 14.4 Å². The third-order valence-electron chi connectivity index (χ3n) is 2.63. The largest absolute Gasteiger partial charge is 0.496 e. The minimum atomic E-state index is 0.114. The number of rotatable bonds is 5. The zero-order valence-corrected chi connectivity index (χ0v) is 11.0. The second-order valence-electron chi connectivity index (χ2n) is 4.00. The van der Waals surface area contributed by atoms with Gasteiger partial charge in [0.25, 0.3) is 0 Å². The van der Waals surface area contributed by atoms with E-state index in [1.54, 1.807) is 21.1 Å². The molecule has 0 fully saturated rings. The Morgan fingerprint density at radius 1 is 1.29 bits per heavy atom. The van der Waals surface area contributed by atoms with Gasteiger partial charge in [-0.2, -0.15) is 0 Å². The SMILES string of the molecule is COc1ccc(N(C)CC(C)=O)c(OC)c1C. The third-order valence-corrected chi connectivity index (χ3v) is 2.63. The molecule has 94 valence electrons. The van der Waals surface area contributed by atoms with Crippen molar-refractivity contribution in [2.24, 2.45) is 0 Å². The molecule has 0 aliphatic carbocycles. The van der Waals surface area contributed by atoms with Crippen LogP contribution in [0.15, 0.2) is 12.1 Å². The number of hydrogen-bond acceptors (Lipinski definition) is 4. The molecule has 4 heteroatoms. The van der Waals surface area contributed by atoms with Crippen LogP contribution in [0.3, 0.4) is 0 Å². The molecule has 0 aliphatic rings. The Kier molecular flexibility index (Phi) is 4.37. The van der Waals surface area contributed by atoms with E-state index in [9.17, 15) is 4.79 Å². The Labute approximate surface area is 102 Å². The van der Waals surface area contributed by atoms with Crippen LogP contribution in [0.5, 0.6) is 11.5 Å². The lowest BCUT2D eigenvalue weighted by Crippen LogP contribution is -2.24. The van der Waals surface area contributed by atoms with Crippen molar-refractivity contribution in [2.45, 2.75) is 13.8 Å². The van der Waals surface area contributed by atoms with E-state index in [2.05, 4.69) is 0 Å². The normalized spacial score (nSPS) is 9.94. The van der Waals surface area contributed by atoms with E-state index in [1.807, 2.05) is 31.0 Å². The summed E-state index contributed by atoms with van der Waals surface area (Å²) in [6, 6.07) is 3.78. The van der Waals surface area contributed by atoms with Gasteiger partial charge in [-0.25, -0.2) is 0 Å². The number of anilines is 1. The quantitative estimate of drug-likeness (QED) is 0.785. The van der Waals surface area contributed by atoms with Crippen molar-refractivity contribution >= 4 is 11.5 Å². The molecule has 0 saturated heterocycles. The van der Waals surface area contributed by atoms with E-state index in [1.165, 1.54) is 0 Å². The van der Waals surface area contributed by atoms with Crippen LogP contribution < -0.4 is 14.4 Å². The maximum absolute atomic E-state index is 11.1. The van der Waals surface area contributed by atoms with Crippen LogP contribution in [0.4, 0.5) is 5.69 Å². The van der Waals surface area contributed by atoms with Crippen molar-refractivity contribution in [1.82, 2.24) is 0 Å². The van der Waals surface area contributed by atoms with Crippen LogP contribution in [-0.4, -0.2) is 33.6 Å². The molecule has 0 heterocycles. The van der Waals surface area contributed by atoms with Crippen molar-refractivity contribution in [3.8, 4) is 11.5 Å². The Hall–Kier alpha value is -1.71. The summed E-state index contributed by atoms with van der Waals surface area (Å²) in [6.07, 6.45) is 0. The average Bonchev–Trinajstić information content (AvgIpc) is 2.27. The fourth-order valence-electron chi connectivity index (χ4n) is 1.86. The lowest BCUT2D eigenvalue weighted by molar-refractivity contribution is -0.115. The lowest BCUT2D eigenvalue weighted by Gasteiger charge is -2.22. The maximum Gasteiger partial charge on any atom is 0.149 e. The summed E-state index contributed by atoms with van der Waals surface area (Å²) in [5, 5.41) is 0. The molecule has 0 unspecified atom stereocenters. The zero-order valence-electron chi connectivity index (χ0n) is 11.0. The molecule has 0 saturated carbocycles. The van der Waals surface area contributed by atoms with Crippen LogP contribution in [0, 0.1) is 6.92 Å². The van der Waals surface area contributed by atoms with Gasteiger partial charge in [0.1, 0.15) is 17.3 Å². The summed E-state index contributed by atoms with van der Waals surface area (Å²) in [4.78, 5) is 13.0. The van der Waals surface area contributed by atoms with Crippen molar-refractivity contribution in [3.63, 3.8) is 0 Å². The van der Waals surface area contributed by atoms with Gasteiger partial charge in [0.2, 0.25) is 0 Å². The van der Waals surface area contributed by atoms with Crippen LogP contribution >= 0.6 is 0 Å². The Morgan fingerprint density at radius 2 is 1.94 bits per heavy atom. The summed E-state index contributed by atoms with van der Waals surface area (Å²) < 4.78 is 10.6. The van der Waals surface area contributed by atoms with Crippen molar-refractivity contribution in [3.05, 3.63) is 17.7 Å². The Balaban J connectivity index is 3.16. The van der Waals surface area contributed by atoms with E-state index in [4.69, 9.17) is 9.47 Å². The van der Waals surface area contributed by atoms with E-state index in [0.29, 0.717) is 6.54 Å². The van der Waals surface area contributed by atoms with Gasteiger partial charge >= 0.3 is 0 Å². The highest BCUT2D eigenvalue weighted by atomic mass is 16.5. The molecule has 1 aromatic rings. The molecule has 4 nitrogen and oxygen atoms in total.